The molecule has 0 spiro atoms. The maximum absolute atomic E-state index is 13.3. The Labute approximate surface area is 148 Å². The first-order valence-electron chi connectivity index (χ1n) is 10.9. The van der Waals surface area contributed by atoms with E-state index >= 15 is 0 Å². The van der Waals surface area contributed by atoms with Gasteiger partial charge < -0.3 is 0 Å². The Morgan fingerprint density at radius 2 is 0.696 bits per heavy atom. The summed E-state index contributed by atoms with van der Waals surface area (Å²) in [5, 5.41) is 0. The van der Waals surface area contributed by atoms with Gasteiger partial charge in [0, 0.05) is 0 Å². The molecule has 0 saturated carbocycles. The van der Waals surface area contributed by atoms with Gasteiger partial charge in [0.1, 0.15) is 0 Å². The first kappa shape index (κ1) is 23.2. The van der Waals surface area contributed by atoms with Crippen molar-refractivity contribution in [3.8, 4) is 0 Å². The van der Waals surface area contributed by atoms with E-state index in [1.165, 1.54) is 96.3 Å². The minimum atomic E-state index is -2.18. The molecule has 0 aromatic rings. The second-order valence-corrected chi connectivity index (χ2v) is 11.5. The van der Waals surface area contributed by atoms with Crippen LogP contribution in [-0.2, 0) is 4.80 Å². The quantitative estimate of drug-likeness (QED) is 0.176. The molecule has 0 atom stereocenters. The Balaban J connectivity index is 4.00. The van der Waals surface area contributed by atoms with Crippen molar-refractivity contribution in [1.82, 2.24) is 0 Å². The van der Waals surface area contributed by atoms with Gasteiger partial charge in [-0.15, -0.1) is 0 Å². The lowest BCUT2D eigenvalue weighted by Gasteiger charge is -2.23. The molecule has 0 aliphatic carbocycles. The fraction of sp³-hybridized carbons (Fsp3) is 1.00. The van der Waals surface area contributed by atoms with Gasteiger partial charge in [0.15, 0.2) is 0 Å². The van der Waals surface area contributed by atoms with Crippen molar-refractivity contribution in [2.24, 2.45) is 0 Å². The summed E-state index contributed by atoms with van der Waals surface area (Å²) >= 11 is 0. The Morgan fingerprint density at radius 1 is 0.435 bits per heavy atom. The minimum absolute atomic E-state index is 1.07. The van der Waals surface area contributed by atoms with Crippen molar-refractivity contribution >= 4 is 8.32 Å². The SMILES string of the molecule is CCCCCCC[Si]([O])(CCCCCCC)CCCCCCC. The molecule has 0 amide bonds. The highest BCUT2D eigenvalue weighted by Crippen LogP contribution is 2.28. The zero-order chi connectivity index (χ0) is 17.2. The topological polar surface area (TPSA) is 19.9 Å². The number of hydrogen-bond donors (Lipinski definition) is 0. The molecule has 0 unspecified atom stereocenters. The summed E-state index contributed by atoms with van der Waals surface area (Å²) in [6.45, 7) is 6.79. The van der Waals surface area contributed by atoms with E-state index in [0.717, 1.165) is 18.1 Å². The number of unbranched alkanes of at least 4 members (excludes halogenated alkanes) is 12. The van der Waals surface area contributed by atoms with E-state index < -0.39 is 8.32 Å². The van der Waals surface area contributed by atoms with Gasteiger partial charge in [-0.2, -0.15) is 0 Å². The molecule has 0 aromatic heterocycles. The molecule has 1 nitrogen and oxygen atoms in total. The van der Waals surface area contributed by atoms with Crippen LogP contribution in [0.25, 0.3) is 0 Å². The summed E-state index contributed by atoms with van der Waals surface area (Å²) in [7, 11) is -2.18. The van der Waals surface area contributed by atoms with Gasteiger partial charge in [-0.3, -0.25) is 4.80 Å². The lowest BCUT2D eigenvalue weighted by molar-refractivity contribution is 0.398. The third kappa shape index (κ3) is 15.4. The molecule has 0 heterocycles. The predicted molar refractivity (Wildman–Crippen MR) is 107 cm³/mol. The second kappa shape index (κ2) is 17.0. The van der Waals surface area contributed by atoms with E-state index in [2.05, 4.69) is 20.8 Å². The first-order valence-corrected chi connectivity index (χ1v) is 13.4. The van der Waals surface area contributed by atoms with Crippen LogP contribution < -0.4 is 0 Å². The molecule has 139 valence electrons. The summed E-state index contributed by atoms with van der Waals surface area (Å²) in [6, 6.07) is 3.20. The molecular weight excluding hydrogens is 296 g/mol. The molecule has 0 N–H and O–H groups in total. The normalized spacial score (nSPS) is 12.0. The zero-order valence-corrected chi connectivity index (χ0v) is 17.6. The third-order valence-electron chi connectivity index (χ3n) is 5.21. The average molecular weight is 342 g/mol. The lowest BCUT2D eigenvalue weighted by atomic mass is 10.2. The molecular formula is C21H45OSi. The Morgan fingerprint density at radius 3 is 0.957 bits per heavy atom. The highest BCUT2D eigenvalue weighted by atomic mass is 28.4. The standard InChI is InChI=1S/C21H45OSi/c1-4-7-10-13-16-19-23(22,20-17-14-11-8-5-2)21-18-15-12-9-6-3/h4-21H2,1-3H3. The third-order valence-corrected chi connectivity index (χ3v) is 9.00. The van der Waals surface area contributed by atoms with Crippen molar-refractivity contribution in [2.45, 2.75) is 135 Å². The van der Waals surface area contributed by atoms with Gasteiger partial charge in [-0.25, -0.2) is 0 Å². The van der Waals surface area contributed by atoms with Crippen LogP contribution in [0, 0.1) is 0 Å². The van der Waals surface area contributed by atoms with E-state index in [4.69, 9.17) is 0 Å². The Kier molecular flexibility index (Phi) is 17.1. The van der Waals surface area contributed by atoms with Crippen LogP contribution >= 0.6 is 0 Å². The predicted octanol–water partition coefficient (Wildman–Crippen LogP) is 8.27. The van der Waals surface area contributed by atoms with Gasteiger partial charge in [0.05, 0.1) is 0 Å². The van der Waals surface area contributed by atoms with Gasteiger partial charge >= 0.3 is 0 Å². The average Bonchev–Trinajstić information content (AvgIpc) is 2.54. The molecule has 0 saturated heterocycles. The molecule has 0 bridgehead atoms. The summed E-state index contributed by atoms with van der Waals surface area (Å²) in [6.07, 6.45) is 19.5. The summed E-state index contributed by atoms with van der Waals surface area (Å²) in [4.78, 5) is 13.3. The fourth-order valence-corrected chi connectivity index (χ4v) is 6.96. The second-order valence-electron chi connectivity index (χ2n) is 7.68. The number of hydrogen-bond acceptors (Lipinski definition) is 0. The van der Waals surface area contributed by atoms with Crippen LogP contribution in [0.1, 0.15) is 117 Å². The molecule has 0 aromatic carbocycles. The minimum Gasteiger partial charge on any atom is -0.297 e. The summed E-state index contributed by atoms with van der Waals surface area (Å²) in [5.74, 6) is 0. The Bertz CT molecular complexity index is 194. The highest BCUT2D eigenvalue weighted by molar-refractivity contribution is 6.72. The van der Waals surface area contributed by atoms with Gasteiger partial charge in [0.25, 0.3) is 0 Å². The van der Waals surface area contributed by atoms with Crippen molar-refractivity contribution in [2.75, 3.05) is 0 Å². The van der Waals surface area contributed by atoms with Crippen LogP contribution in [0.15, 0.2) is 0 Å². The van der Waals surface area contributed by atoms with Gasteiger partial charge in [0.2, 0.25) is 8.32 Å². The van der Waals surface area contributed by atoms with E-state index in [9.17, 15) is 4.80 Å². The monoisotopic (exact) mass is 341 g/mol. The van der Waals surface area contributed by atoms with Crippen LogP contribution in [0.3, 0.4) is 0 Å². The zero-order valence-electron chi connectivity index (χ0n) is 16.6. The maximum Gasteiger partial charge on any atom is 0.237 e. The largest absolute Gasteiger partial charge is 0.297 e. The molecule has 1 radical (unpaired) electrons. The van der Waals surface area contributed by atoms with Crippen LogP contribution in [0.2, 0.25) is 18.1 Å². The smallest absolute Gasteiger partial charge is 0.237 e. The van der Waals surface area contributed by atoms with E-state index in [1.807, 2.05) is 0 Å². The molecule has 0 rings (SSSR count). The maximum atomic E-state index is 13.3. The number of rotatable bonds is 18. The molecule has 0 fully saturated rings. The first-order chi connectivity index (χ1) is 11.2. The van der Waals surface area contributed by atoms with Crippen molar-refractivity contribution in [1.29, 1.82) is 0 Å². The van der Waals surface area contributed by atoms with E-state index in [0.29, 0.717) is 0 Å². The van der Waals surface area contributed by atoms with Crippen molar-refractivity contribution in [3.05, 3.63) is 0 Å². The molecule has 2 heteroatoms. The highest BCUT2D eigenvalue weighted by Gasteiger charge is 2.31. The van der Waals surface area contributed by atoms with Gasteiger partial charge in [-0.05, 0) is 18.1 Å². The lowest BCUT2D eigenvalue weighted by Crippen LogP contribution is -2.32. The summed E-state index contributed by atoms with van der Waals surface area (Å²) < 4.78 is 0. The van der Waals surface area contributed by atoms with Crippen LogP contribution in [0.4, 0.5) is 0 Å². The fourth-order valence-electron chi connectivity index (χ4n) is 3.53. The van der Waals surface area contributed by atoms with Crippen LogP contribution in [0.5, 0.6) is 0 Å². The van der Waals surface area contributed by atoms with Crippen LogP contribution in [-0.4, -0.2) is 8.32 Å². The molecule has 0 aliphatic rings. The van der Waals surface area contributed by atoms with Crippen molar-refractivity contribution in [3.63, 3.8) is 0 Å². The van der Waals surface area contributed by atoms with Gasteiger partial charge in [-0.1, -0.05) is 117 Å². The van der Waals surface area contributed by atoms with E-state index in [-0.39, 0.29) is 0 Å². The van der Waals surface area contributed by atoms with E-state index in [1.54, 1.807) is 0 Å². The summed E-state index contributed by atoms with van der Waals surface area (Å²) in [5.41, 5.74) is 0. The Hall–Kier alpha value is 0.177. The van der Waals surface area contributed by atoms with Crippen molar-refractivity contribution < 1.29 is 4.80 Å². The molecule has 0 aliphatic heterocycles. The molecule has 23 heavy (non-hydrogen) atoms.